The lowest BCUT2D eigenvalue weighted by molar-refractivity contribution is -0.876. The van der Waals surface area contributed by atoms with Gasteiger partial charge >= 0.3 is 0 Å². The van der Waals surface area contributed by atoms with Crippen LogP contribution in [-0.2, 0) is 0 Å². The zero-order valence-electron chi connectivity index (χ0n) is 30.0. The predicted molar refractivity (Wildman–Crippen MR) is 190 cm³/mol. The number of unbranched alkanes of at least 4 members (excludes halogenated alkanes) is 29. The van der Waals surface area contributed by atoms with E-state index >= 15 is 0 Å². The first-order chi connectivity index (χ1) is 20.2. The van der Waals surface area contributed by atoms with Gasteiger partial charge in [0.15, 0.2) is 0 Å². The fraction of sp³-hybridized carbons (Fsp3) is 0.950. The molecular weight excluding hydrogens is 530 g/mol. The zero-order chi connectivity index (χ0) is 30.0. The van der Waals surface area contributed by atoms with Gasteiger partial charge in [-0.05, 0) is 45.6 Å². The molecule has 0 aromatic rings. The topological polar surface area (TPSA) is 0 Å². The van der Waals surface area contributed by atoms with Crippen molar-refractivity contribution in [1.29, 1.82) is 0 Å². The smallest absolute Gasteiger partial charge is 0.0917 e. The maximum absolute atomic E-state index is 2.58. The van der Waals surface area contributed by atoms with Gasteiger partial charge in [-0.1, -0.05) is 187 Å². The Morgan fingerprint density at radius 1 is 0.333 bits per heavy atom. The first-order valence-corrected chi connectivity index (χ1v) is 19.8. The van der Waals surface area contributed by atoms with Gasteiger partial charge < -0.3 is 12.4 Å². The average Bonchev–Trinajstić information content (AvgIpc) is 2.99. The Morgan fingerprint density at radius 2 is 0.595 bits per heavy atom. The Hall–Kier alpha value is -0.0100. The summed E-state index contributed by atoms with van der Waals surface area (Å²) in [5.41, 5.74) is 0. The molecular formula is C40H82ClN. The van der Waals surface area contributed by atoms with E-state index in [1.807, 2.05) is 0 Å². The molecule has 42 heavy (non-hydrogen) atoms. The summed E-state index contributed by atoms with van der Waals surface area (Å²) in [6.07, 6.45) is 50.0. The number of nitrogens with zero attached hydrogens (tertiary/aromatic N) is 1. The summed E-state index contributed by atoms with van der Waals surface area (Å²) in [5, 5.41) is 0. The fourth-order valence-corrected chi connectivity index (χ4v) is 6.55. The van der Waals surface area contributed by atoms with Crippen LogP contribution in [0, 0.1) is 0 Å². The SMILES string of the molecule is CCCCCCCCCCCCCCCCC=C[N+](CC)(CC)CCCCCCCCCCCCCCCCCC.[Cl-]. The van der Waals surface area contributed by atoms with E-state index in [4.69, 9.17) is 0 Å². The van der Waals surface area contributed by atoms with Gasteiger partial charge in [-0.25, -0.2) is 0 Å². The van der Waals surface area contributed by atoms with Gasteiger partial charge in [-0.3, -0.25) is 4.48 Å². The molecule has 0 bridgehead atoms. The largest absolute Gasteiger partial charge is 1.00 e. The van der Waals surface area contributed by atoms with Crippen LogP contribution < -0.4 is 12.4 Å². The van der Waals surface area contributed by atoms with E-state index in [2.05, 4.69) is 40.0 Å². The Labute approximate surface area is 274 Å². The molecule has 0 aromatic carbocycles. The molecule has 254 valence electrons. The van der Waals surface area contributed by atoms with Gasteiger partial charge in [0, 0.05) is 0 Å². The molecule has 2 heteroatoms. The third-order valence-electron chi connectivity index (χ3n) is 9.86. The van der Waals surface area contributed by atoms with Crippen LogP contribution in [0.5, 0.6) is 0 Å². The van der Waals surface area contributed by atoms with E-state index in [1.54, 1.807) is 0 Å². The van der Waals surface area contributed by atoms with Gasteiger partial charge in [0.2, 0.25) is 0 Å². The minimum Gasteiger partial charge on any atom is -1.00 e. The molecule has 0 aromatic heterocycles. The molecule has 1 nitrogen and oxygen atoms in total. The van der Waals surface area contributed by atoms with Crippen molar-refractivity contribution in [3.63, 3.8) is 0 Å². The summed E-state index contributed by atoms with van der Waals surface area (Å²) < 4.78 is 1.21. The fourth-order valence-electron chi connectivity index (χ4n) is 6.55. The van der Waals surface area contributed by atoms with Crippen LogP contribution in [0.3, 0.4) is 0 Å². The first-order valence-electron chi connectivity index (χ1n) is 19.8. The van der Waals surface area contributed by atoms with E-state index in [0.717, 1.165) is 0 Å². The van der Waals surface area contributed by atoms with E-state index in [0.29, 0.717) is 0 Å². The Balaban J connectivity index is 0. The second-order valence-corrected chi connectivity index (χ2v) is 13.6. The molecule has 0 atom stereocenters. The number of hydrogen-bond acceptors (Lipinski definition) is 0. The number of quaternary nitrogens is 1. The molecule has 0 spiro atoms. The number of rotatable bonds is 35. The quantitative estimate of drug-likeness (QED) is 0.0494. The van der Waals surface area contributed by atoms with Crippen molar-refractivity contribution in [1.82, 2.24) is 0 Å². The van der Waals surface area contributed by atoms with Gasteiger partial charge in [-0.15, -0.1) is 0 Å². The van der Waals surface area contributed by atoms with Gasteiger partial charge in [-0.2, -0.15) is 0 Å². The molecule has 0 saturated heterocycles. The number of halogens is 1. The molecule has 0 amide bonds. The molecule has 0 N–H and O–H groups in total. The van der Waals surface area contributed by atoms with Crippen molar-refractivity contribution in [2.45, 2.75) is 227 Å². The lowest BCUT2D eigenvalue weighted by atomic mass is 10.0. The second-order valence-electron chi connectivity index (χ2n) is 13.6. The van der Waals surface area contributed by atoms with Gasteiger partial charge in [0.05, 0.1) is 25.8 Å². The van der Waals surface area contributed by atoms with Crippen molar-refractivity contribution in [3.8, 4) is 0 Å². The molecule has 0 rings (SSSR count). The maximum Gasteiger partial charge on any atom is 0.0917 e. The summed E-state index contributed by atoms with van der Waals surface area (Å²) >= 11 is 0. The average molecular weight is 613 g/mol. The summed E-state index contributed by atoms with van der Waals surface area (Å²) in [5.74, 6) is 0. The third kappa shape index (κ3) is 31.4. The summed E-state index contributed by atoms with van der Waals surface area (Å²) in [4.78, 5) is 0. The Kier molecular flexibility index (Phi) is 39.1. The summed E-state index contributed by atoms with van der Waals surface area (Å²) in [6, 6.07) is 0. The Bertz CT molecular complexity index is 498. The highest BCUT2D eigenvalue weighted by Gasteiger charge is 2.19. The lowest BCUT2D eigenvalue weighted by Crippen LogP contribution is -3.00. The molecule has 0 heterocycles. The molecule has 0 aliphatic carbocycles. The number of hydrogen-bond donors (Lipinski definition) is 0. The van der Waals surface area contributed by atoms with E-state index in [1.165, 1.54) is 223 Å². The summed E-state index contributed by atoms with van der Waals surface area (Å²) in [7, 11) is 0. The predicted octanol–water partition coefficient (Wildman–Crippen LogP) is 11.5. The van der Waals surface area contributed by atoms with Crippen LogP contribution in [0.25, 0.3) is 0 Å². The van der Waals surface area contributed by atoms with E-state index in [9.17, 15) is 0 Å². The first kappa shape index (κ1) is 44.1. The van der Waals surface area contributed by atoms with Crippen LogP contribution >= 0.6 is 0 Å². The minimum atomic E-state index is 0. The van der Waals surface area contributed by atoms with Gasteiger partial charge in [0.1, 0.15) is 0 Å². The minimum absolute atomic E-state index is 0. The summed E-state index contributed by atoms with van der Waals surface area (Å²) in [6.45, 7) is 13.3. The molecule has 0 unspecified atom stereocenters. The second kappa shape index (κ2) is 37.2. The van der Waals surface area contributed by atoms with Crippen LogP contribution in [0.15, 0.2) is 12.3 Å². The van der Waals surface area contributed by atoms with Crippen LogP contribution in [0.2, 0.25) is 0 Å². The standard InChI is InChI=1S/C40H82N.ClH/c1-5-9-11-13-15-17-19-21-23-25-27-29-31-33-35-37-39-41(7-3,8-4)40-38-36-34-32-30-28-26-24-22-20-18-16-14-12-10-6-2;/h37,39H,5-36,38,40H2,1-4H3;1H/q+1;/p-1. The van der Waals surface area contributed by atoms with E-state index < -0.39 is 0 Å². The maximum atomic E-state index is 2.58. The van der Waals surface area contributed by atoms with Crippen molar-refractivity contribution in [3.05, 3.63) is 12.3 Å². The van der Waals surface area contributed by atoms with Crippen LogP contribution in [0.1, 0.15) is 227 Å². The van der Waals surface area contributed by atoms with Crippen molar-refractivity contribution in [2.24, 2.45) is 0 Å². The van der Waals surface area contributed by atoms with Crippen molar-refractivity contribution >= 4 is 0 Å². The molecule has 0 saturated carbocycles. The number of allylic oxidation sites excluding steroid dienone is 1. The highest BCUT2D eigenvalue weighted by Crippen LogP contribution is 2.17. The van der Waals surface area contributed by atoms with Gasteiger partial charge in [0.25, 0.3) is 0 Å². The molecule has 0 aliphatic rings. The Morgan fingerprint density at radius 3 is 0.881 bits per heavy atom. The highest BCUT2D eigenvalue weighted by atomic mass is 35.5. The molecule has 0 fully saturated rings. The lowest BCUT2D eigenvalue weighted by Gasteiger charge is -2.33. The molecule has 0 radical (unpaired) electrons. The van der Waals surface area contributed by atoms with Crippen LogP contribution in [0.4, 0.5) is 0 Å². The molecule has 0 aliphatic heterocycles. The van der Waals surface area contributed by atoms with Crippen molar-refractivity contribution < 1.29 is 16.9 Å². The van der Waals surface area contributed by atoms with Crippen molar-refractivity contribution in [2.75, 3.05) is 19.6 Å². The highest BCUT2D eigenvalue weighted by molar-refractivity contribution is 4.75. The third-order valence-corrected chi connectivity index (χ3v) is 9.86. The van der Waals surface area contributed by atoms with Crippen LogP contribution in [-0.4, -0.2) is 24.1 Å². The monoisotopic (exact) mass is 612 g/mol. The zero-order valence-corrected chi connectivity index (χ0v) is 30.8. The van der Waals surface area contributed by atoms with E-state index in [-0.39, 0.29) is 12.4 Å². The normalized spacial score (nSPS) is 11.9.